The van der Waals surface area contributed by atoms with Crippen LogP contribution in [0.15, 0.2) is 24.5 Å². The van der Waals surface area contributed by atoms with Crippen LogP contribution in [0.4, 0.5) is 10.2 Å². The number of piperidine rings is 1. The molecule has 3 fully saturated rings. The van der Waals surface area contributed by atoms with Gasteiger partial charge < -0.3 is 24.4 Å². The molecule has 2 N–H and O–H groups in total. The van der Waals surface area contributed by atoms with Crippen LogP contribution in [0.2, 0.25) is 0 Å². The van der Waals surface area contributed by atoms with E-state index in [-0.39, 0.29) is 59.0 Å². The average Bonchev–Trinajstić information content (AvgIpc) is 2.98. The van der Waals surface area contributed by atoms with Gasteiger partial charge in [-0.3, -0.25) is 9.69 Å². The molecule has 3 aliphatic heterocycles. The van der Waals surface area contributed by atoms with Gasteiger partial charge >= 0.3 is 0 Å². The lowest BCUT2D eigenvalue weighted by atomic mass is 9.72. The Hall–Kier alpha value is -2.98. The van der Waals surface area contributed by atoms with Crippen molar-refractivity contribution in [3.8, 4) is 11.6 Å². The Morgan fingerprint density at radius 1 is 1.20 bits per heavy atom. The normalized spacial score (nSPS) is 23.5. The second-order valence-electron chi connectivity index (χ2n) is 13.4. The van der Waals surface area contributed by atoms with Gasteiger partial charge in [0.15, 0.2) is 11.6 Å². The average molecular weight is 664 g/mol. The highest BCUT2D eigenvalue weighted by molar-refractivity contribution is 7.89. The van der Waals surface area contributed by atoms with Crippen molar-refractivity contribution < 1.29 is 32.2 Å². The smallest absolute Gasteiger partial charge is 0.282 e. The number of β-amino-alcohol motifs (C(OH)–C–C–N with tert-alkyl or cyclic N) is 1. The van der Waals surface area contributed by atoms with E-state index in [2.05, 4.69) is 29.7 Å². The fourth-order valence-electron chi connectivity index (χ4n) is 6.74. The molecule has 0 bridgehead atoms. The summed E-state index contributed by atoms with van der Waals surface area (Å²) in [6, 6.07) is 3.34. The third kappa shape index (κ3) is 7.76. The Kier molecular flexibility index (Phi) is 10.2. The standard InChI is InChI=1S/C31H46FN7O6S/c1-6-46(42,43)36-24-9-10-31(41,44-16-24)19-37-13-11-30(12-14-37)17-38(18-30)27-28(35-34-20-33-27)45-26-8-7-23(32)15-25(26)29(40)39(21(2)3)22(4)5/h7-8,15,20-22,24,36,41H,6,9-14,16-19H2,1-5H3/t24-,31-/m1/s1. The molecule has 0 radical (unpaired) electrons. The van der Waals surface area contributed by atoms with Crippen LogP contribution in [0.25, 0.3) is 0 Å². The highest BCUT2D eigenvalue weighted by Gasteiger charge is 2.47. The van der Waals surface area contributed by atoms with E-state index in [1.165, 1.54) is 24.5 Å². The zero-order valence-electron chi connectivity index (χ0n) is 27.3. The number of halogens is 1. The molecule has 0 saturated carbocycles. The Balaban J connectivity index is 1.18. The Morgan fingerprint density at radius 2 is 1.89 bits per heavy atom. The number of ether oxygens (including phenoxy) is 2. The molecule has 2 atom stereocenters. The summed E-state index contributed by atoms with van der Waals surface area (Å²) in [4.78, 5) is 23.9. The van der Waals surface area contributed by atoms with Gasteiger partial charge in [0.05, 0.1) is 24.5 Å². The first-order valence-corrected chi connectivity index (χ1v) is 17.7. The van der Waals surface area contributed by atoms with E-state index in [0.29, 0.717) is 25.2 Å². The van der Waals surface area contributed by atoms with Crippen LogP contribution in [0.1, 0.15) is 70.7 Å². The second kappa shape index (κ2) is 13.6. The summed E-state index contributed by atoms with van der Waals surface area (Å²) in [5.41, 5.74) is 0.178. The maximum absolute atomic E-state index is 14.3. The number of hydrogen-bond donors (Lipinski definition) is 2. The first-order valence-electron chi connectivity index (χ1n) is 16.0. The highest BCUT2D eigenvalue weighted by Crippen LogP contribution is 2.45. The maximum Gasteiger partial charge on any atom is 0.282 e. The minimum atomic E-state index is -3.33. The molecule has 3 aliphatic rings. The largest absolute Gasteiger partial charge is 0.434 e. The highest BCUT2D eigenvalue weighted by atomic mass is 32.2. The fourth-order valence-corrected chi connectivity index (χ4v) is 7.60. The lowest BCUT2D eigenvalue weighted by Gasteiger charge is -2.55. The molecular formula is C31H46FN7O6S. The van der Waals surface area contributed by atoms with Crippen molar-refractivity contribution in [2.45, 2.75) is 84.2 Å². The number of hydrogen-bond acceptors (Lipinski definition) is 11. The summed E-state index contributed by atoms with van der Waals surface area (Å²) in [6.07, 6.45) is 4.07. The van der Waals surface area contributed by atoms with E-state index >= 15 is 0 Å². The molecule has 4 heterocycles. The molecule has 254 valence electrons. The van der Waals surface area contributed by atoms with Crippen molar-refractivity contribution >= 4 is 21.7 Å². The summed E-state index contributed by atoms with van der Waals surface area (Å²) < 4.78 is 52.6. The quantitative estimate of drug-likeness (QED) is 0.365. The Bertz CT molecular complexity index is 1480. The molecule has 1 spiro atoms. The molecule has 1 aromatic heterocycles. The Labute approximate surface area is 270 Å². The van der Waals surface area contributed by atoms with Crippen LogP contribution in [-0.2, 0) is 14.8 Å². The SMILES string of the molecule is CCS(=O)(=O)N[C@@H]1CC[C@](O)(CN2CCC3(CC2)CN(c2ncnnc2Oc2ccc(F)cc2C(=O)N(C(C)C)C(C)C)C3)OC1. The lowest BCUT2D eigenvalue weighted by molar-refractivity contribution is -0.239. The van der Waals surface area contributed by atoms with Crippen molar-refractivity contribution in [2.24, 2.45) is 5.41 Å². The van der Waals surface area contributed by atoms with E-state index in [1.54, 1.807) is 11.8 Å². The molecule has 0 aliphatic carbocycles. The van der Waals surface area contributed by atoms with Crippen molar-refractivity contribution in [1.29, 1.82) is 0 Å². The van der Waals surface area contributed by atoms with Gasteiger partial charge in [0.1, 0.15) is 17.9 Å². The number of carbonyl (C=O) groups excluding carboxylic acids is 1. The van der Waals surface area contributed by atoms with Crippen molar-refractivity contribution in [2.75, 3.05) is 50.0 Å². The maximum atomic E-state index is 14.3. The predicted molar refractivity (Wildman–Crippen MR) is 170 cm³/mol. The topological polar surface area (TPSA) is 150 Å². The van der Waals surface area contributed by atoms with Crippen LogP contribution in [0.3, 0.4) is 0 Å². The van der Waals surface area contributed by atoms with Crippen molar-refractivity contribution in [3.63, 3.8) is 0 Å². The van der Waals surface area contributed by atoms with Gasteiger partial charge in [-0.05, 0) is 85.2 Å². The number of sulfonamides is 1. The number of benzene rings is 1. The summed E-state index contributed by atoms with van der Waals surface area (Å²) in [5, 5.41) is 19.2. The number of nitrogens with one attached hydrogen (secondary N) is 1. The van der Waals surface area contributed by atoms with Crippen molar-refractivity contribution in [1.82, 2.24) is 29.7 Å². The van der Waals surface area contributed by atoms with Gasteiger partial charge in [0.25, 0.3) is 11.8 Å². The van der Waals surface area contributed by atoms with E-state index < -0.39 is 21.6 Å². The number of aliphatic hydroxyl groups is 1. The molecule has 5 rings (SSSR count). The first kappa shape index (κ1) is 34.4. The fraction of sp³-hybridized carbons (Fsp3) is 0.677. The van der Waals surface area contributed by atoms with Gasteiger partial charge in [-0.15, -0.1) is 10.2 Å². The number of aromatic nitrogens is 3. The molecule has 1 aromatic carbocycles. The van der Waals surface area contributed by atoms with E-state index in [9.17, 15) is 22.7 Å². The molecule has 15 heteroatoms. The van der Waals surface area contributed by atoms with E-state index in [0.717, 1.165) is 39.0 Å². The van der Waals surface area contributed by atoms with Gasteiger partial charge in [-0.2, -0.15) is 0 Å². The first-order chi connectivity index (χ1) is 21.7. The zero-order chi connectivity index (χ0) is 33.3. The number of anilines is 1. The van der Waals surface area contributed by atoms with Gasteiger partial charge in [0, 0.05) is 43.1 Å². The summed E-state index contributed by atoms with van der Waals surface area (Å²) >= 11 is 0. The minimum Gasteiger partial charge on any atom is -0.434 e. The van der Waals surface area contributed by atoms with Crippen LogP contribution < -0.4 is 14.4 Å². The molecule has 13 nitrogen and oxygen atoms in total. The van der Waals surface area contributed by atoms with Gasteiger partial charge in [-0.1, -0.05) is 0 Å². The number of nitrogens with zero attached hydrogens (tertiary/aromatic N) is 6. The van der Waals surface area contributed by atoms with Crippen LogP contribution in [-0.4, -0.2) is 113 Å². The molecule has 2 aromatic rings. The van der Waals surface area contributed by atoms with Gasteiger partial charge in [0.2, 0.25) is 10.0 Å². The summed E-state index contributed by atoms with van der Waals surface area (Å²) in [5.74, 6) is -1.33. The molecule has 3 saturated heterocycles. The van der Waals surface area contributed by atoms with Crippen molar-refractivity contribution in [3.05, 3.63) is 35.9 Å². The molecular weight excluding hydrogens is 617 g/mol. The monoisotopic (exact) mass is 663 g/mol. The van der Waals surface area contributed by atoms with Gasteiger partial charge in [-0.25, -0.2) is 22.5 Å². The van der Waals surface area contributed by atoms with E-state index in [4.69, 9.17) is 9.47 Å². The molecule has 1 amide bonds. The number of likely N-dealkylation sites (tertiary alicyclic amines) is 1. The number of rotatable bonds is 11. The summed E-state index contributed by atoms with van der Waals surface area (Å²) in [7, 11) is -3.33. The zero-order valence-corrected chi connectivity index (χ0v) is 28.1. The second-order valence-corrected chi connectivity index (χ2v) is 15.4. The predicted octanol–water partition coefficient (Wildman–Crippen LogP) is 2.77. The Morgan fingerprint density at radius 3 is 2.50 bits per heavy atom. The number of amides is 1. The molecule has 46 heavy (non-hydrogen) atoms. The lowest BCUT2D eigenvalue weighted by Crippen LogP contribution is -2.62. The van der Waals surface area contributed by atoms with E-state index in [1.807, 2.05) is 27.7 Å². The third-order valence-corrected chi connectivity index (χ3v) is 10.7. The van der Waals surface area contributed by atoms with Crippen LogP contribution in [0, 0.1) is 11.2 Å². The third-order valence-electron chi connectivity index (χ3n) is 9.20. The minimum absolute atomic E-state index is 0.00866. The van der Waals surface area contributed by atoms with Crippen LogP contribution in [0.5, 0.6) is 11.6 Å². The molecule has 0 unspecified atom stereocenters. The van der Waals surface area contributed by atoms with Crippen LogP contribution >= 0.6 is 0 Å². The summed E-state index contributed by atoms with van der Waals surface area (Å²) in [6.45, 7) is 12.8. The number of carbonyl (C=O) groups is 1.